The third-order valence-corrected chi connectivity index (χ3v) is 0.310. The first-order valence-corrected chi connectivity index (χ1v) is 1.79. The first kappa shape index (κ1) is 6.61. The zero-order chi connectivity index (χ0) is 6.41. The Morgan fingerprint density at radius 2 is 2.38 bits per heavy atom. The van der Waals surface area contributed by atoms with Crippen molar-refractivity contribution in [2.75, 3.05) is 0 Å². The van der Waals surface area contributed by atoms with Gasteiger partial charge in [0.25, 0.3) is 0 Å². The number of rotatable bonds is 2. The molecule has 0 aliphatic carbocycles. The molecule has 0 spiro atoms. The normalized spacial score (nSPS) is 9.00. The number of nitrogens with zero attached hydrogens (tertiary/aromatic N) is 1. The summed E-state index contributed by atoms with van der Waals surface area (Å²) in [6.07, 6.45) is 1.31. The highest BCUT2D eigenvalue weighted by atomic mass is 16.2. The van der Waals surface area contributed by atoms with Gasteiger partial charge in [-0.1, -0.05) is 0 Å². The van der Waals surface area contributed by atoms with Crippen molar-refractivity contribution in [2.45, 2.75) is 0 Å². The Bertz CT molecular complexity index is 120. The molecule has 0 aromatic rings. The molecule has 0 atom stereocenters. The second-order valence-corrected chi connectivity index (χ2v) is 0.890. The maximum atomic E-state index is 9.76. The van der Waals surface area contributed by atoms with Crippen LogP contribution in [0.2, 0.25) is 0 Å². The predicted molar refractivity (Wildman–Crippen MR) is 27.3 cm³/mol. The van der Waals surface area contributed by atoms with Crippen LogP contribution >= 0.6 is 0 Å². The number of nitrogens with one attached hydrogen (secondary N) is 1. The van der Waals surface area contributed by atoms with Crippen molar-refractivity contribution >= 4 is 18.5 Å². The van der Waals surface area contributed by atoms with Crippen LogP contribution in [0, 0.1) is 0 Å². The number of hydrogen-bond acceptors (Lipinski definition) is 3. The van der Waals surface area contributed by atoms with E-state index in [0.717, 1.165) is 6.21 Å². The van der Waals surface area contributed by atoms with E-state index in [2.05, 4.69) is 10.8 Å². The van der Waals surface area contributed by atoms with Crippen LogP contribution in [0.3, 0.4) is 0 Å². The minimum atomic E-state index is -0.789. The number of nitrogens with two attached hydrogens (primary N) is 1. The second kappa shape index (κ2) is 3.79. The zero-order valence-electron chi connectivity index (χ0n) is 4.00. The number of hydrogen-bond donors (Lipinski definition) is 2. The summed E-state index contributed by atoms with van der Waals surface area (Å²) >= 11 is 0. The largest absolute Gasteiger partial charge is 0.350 e. The number of primary amides is 1. The molecule has 0 fully saturated rings. The summed E-state index contributed by atoms with van der Waals surface area (Å²) in [7, 11) is 0. The molecule has 3 N–H and O–H groups in total. The maximum Gasteiger partial charge on any atom is 0.332 e. The van der Waals surface area contributed by atoms with Crippen LogP contribution in [-0.2, 0) is 4.79 Å². The van der Waals surface area contributed by atoms with Crippen LogP contribution in [0.15, 0.2) is 5.10 Å². The van der Waals surface area contributed by atoms with E-state index in [0.29, 0.717) is 6.29 Å². The van der Waals surface area contributed by atoms with Gasteiger partial charge in [0, 0.05) is 0 Å². The van der Waals surface area contributed by atoms with Crippen molar-refractivity contribution in [1.29, 1.82) is 0 Å². The van der Waals surface area contributed by atoms with Crippen molar-refractivity contribution in [3.05, 3.63) is 0 Å². The lowest BCUT2D eigenvalue weighted by atomic mass is 10.9. The molecular weight excluding hydrogens is 110 g/mol. The smallest absolute Gasteiger partial charge is 0.332 e. The van der Waals surface area contributed by atoms with Crippen LogP contribution in [-0.4, -0.2) is 18.5 Å². The molecule has 0 saturated heterocycles. The van der Waals surface area contributed by atoms with Gasteiger partial charge in [0.2, 0.25) is 0 Å². The Morgan fingerprint density at radius 1 is 1.75 bits per heavy atom. The third kappa shape index (κ3) is 4.61. The molecule has 5 heteroatoms. The lowest BCUT2D eigenvalue weighted by molar-refractivity contribution is -0.102. The van der Waals surface area contributed by atoms with Crippen LogP contribution in [0.25, 0.3) is 0 Å². The first-order valence-electron chi connectivity index (χ1n) is 1.79. The number of urea groups is 1. The standard InChI is InChI=1S/C3H5N3O2/c4-3(8)6-5-1-2-7/h1-2H,(H3,4,6,8)/b5-1-. The fourth-order valence-electron chi connectivity index (χ4n) is 0.131. The minimum absolute atomic E-state index is 0.427. The molecule has 0 aliphatic heterocycles. The molecule has 0 aromatic heterocycles. The van der Waals surface area contributed by atoms with E-state index in [-0.39, 0.29) is 0 Å². The second-order valence-electron chi connectivity index (χ2n) is 0.890. The molecule has 0 aliphatic rings. The van der Waals surface area contributed by atoms with E-state index >= 15 is 0 Å². The van der Waals surface area contributed by atoms with Crippen LogP contribution < -0.4 is 11.2 Å². The minimum Gasteiger partial charge on any atom is -0.350 e. The molecule has 0 saturated carbocycles. The lowest BCUT2D eigenvalue weighted by Gasteiger charge is -1.84. The molecule has 8 heavy (non-hydrogen) atoms. The van der Waals surface area contributed by atoms with E-state index in [9.17, 15) is 9.59 Å². The van der Waals surface area contributed by atoms with E-state index < -0.39 is 6.03 Å². The molecule has 2 amide bonds. The topological polar surface area (TPSA) is 84.6 Å². The Morgan fingerprint density at radius 3 is 2.75 bits per heavy atom. The Labute approximate surface area is 45.5 Å². The van der Waals surface area contributed by atoms with Crippen molar-refractivity contribution in [3.63, 3.8) is 0 Å². The Hall–Kier alpha value is -1.39. The molecule has 0 bridgehead atoms. The summed E-state index contributed by atoms with van der Waals surface area (Å²) in [6, 6.07) is -0.789. The van der Waals surface area contributed by atoms with E-state index in [1.54, 1.807) is 0 Å². The quantitative estimate of drug-likeness (QED) is 0.270. The van der Waals surface area contributed by atoms with Gasteiger partial charge >= 0.3 is 6.03 Å². The summed E-state index contributed by atoms with van der Waals surface area (Å²) in [4.78, 5) is 19.2. The first-order chi connectivity index (χ1) is 3.77. The molecule has 5 nitrogen and oxygen atoms in total. The highest BCUT2D eigenvalue weighted by Gasteiger charge is 1.80. The van der Waals surface area contributed by atoms with Crippen molar-refractivity contribution in [3.8, 4) is 0 Å². The average Bonchev–Trinajstić information content (AvgIpc) is 1.66. The number of hydrazone groups is 1. The summed E-state index contributed by atoms with van der Waals surface area (Å²) in [5.74, 6) is 0. The Kier molecular flexibility index (Phi) is 3.13. The van der Waals surface area contributed by atoms with Gasteiger partial charge in [0.05, 0.1) is 6.21 Å². The number of carbonyl (C=O) groups excluding carboxylic acids is 2. The molecular formula is C3H5N3O2. The van der Waals surface area contributed by atoms with Crippen LogP contribution in [0.1, 0.15) is 0 Å². The molecule has 0 unspecified atom stereocenters. The van der Waals surface area contributed by atoms with E-state index in [1.165, 1.54) is 0 Å². The van der Waals surface area contributed by atoms with Gasteiger partial charge in [-0.2, -0.15) is 5.10 Å². The summed E-state index contributed by atoms with van der Waals surface area (Å²) in [6.45, 7) is 0. The lowest BCUT2D eigenvalue weighted by Crippen LogP contribution is -2.24. The molecule has 0 heterocycles. The third-order valence-electron chi connectivity index (χ3n) is 0.310. The van der Waals surface area contributed by atoms with Crippen LogP contribution in [0.5, 0.6) is 0 Å². The van der Waals surface area contributed by atoms with Gasteiger partial charge < -0.3 is 5.73 Å². The highest BCUT2D eigenvalue weighted by molar-refractivity contribution is 6.12. The van der Waals surface area contributed by atoms with Crippen molar-refractivity contribution in [1.82, 2.24) is 5.43 Å². The van der Waals surface area contributed by atoms with Gasteiger partial charge in [-0.15, -0.1) is 0 Å². The van der Waals surface area contributed by atoms with Crippen LogP contribution in [0.4, 0.5) is 4.79 Å². The van der Waals surface area contributed by atoms with E-state index in [4.69, 9.17) is 0 Å². The van der Waals surface area contributed by atoms with Gasteiger partial charge in [-0.25, -0.2) is 10.2 Å². The van der Waals surface area contributed by atoms with Gasteiger partial charge in [0.1, 0.15) is 0 Å². The zero-order valence-corrected chi connectivity index (χ0v) is 4.00. The van der Waals surface area contributed by atoms with Gasteiger partial charge in [0.15, 0.2) is 6.29 Å². The van der Waals surface area contributed by atoms with Gasteiger partial charge in [-0.05, 0) is 0 Å². The summed E-state index contributed by atoms with van der Waals surface area (Å²) in [5.41, 5.74) is 6.38. The number of aldehydes is 1. The number of amides is 2. The average molecular weight is 115 g/mol. The molecule has 44 valence electrons. The van der Waals surface area contributed by atoms with Gasteiger partial charge in [-0.3, -0.25) is 4.79 Å². The predicted octanol–water partition coefficient (Wildman–Crippen LogP) is -1.16. The molecule has 0 aromatic carbocycles. The Balaban J connectivity index is 3.29. The van der Waals surface area contributed by atoms with Crippen molar-refractivity contribution in [2.24, 2.45) is 10.8 Å². The molecule has 0 rings (SSSR count). The summed E-state index contributed by atoms with van der Waals surface area (Å²) < 4.78 is 0. The van der Waals surface area contributed by atoms with Crippen molar-refractivity contribution < 1.29 is 9.59 Å². The number of carbonyl (C=O) groups is 2. The SMILES string of the molecule is NC(=O)N/N=C\C=O. The molecule has 0 radical (unpaired) electrons. The summed E-state index contributed by atoms with van der Waals surface area (Å²) in [5, 5.41) is 3.07. The van der Waals surface area contributed by atoms with E-state index in [1.807, 2.05) is 5.43 Å². The monoisotopic (exact) mass is 115 g/mol. The highest BCUT2D eigenvalue weighted by Crippen LogP contribution is 1.52. The fourth-order valence-corrected chi connectivity index (χ4v) is 0.131. The maximum absolute atomic E-state index is 9.76. The fraction of sp³-hybridized carbons (Fsp3) is 0.